The van der Waals surface area contributed by atoms with Gasteiger partial charge in [-0.3, -0.25) is 5.10 Å². The molecule has 0 spiro atoms. The normalized spacial score (nSPS) is 10.4. The van der Waals surface area contributed by atoms with E-state index in [4.69, 9.17) is 12.2 Å². The first-order chi connectivity index (χ1) is 5.77. The molecule has 1 heterocycles. The number of benzene rings is 1. The molecule has 3 heteroatoms. The summed E-state index contributed by atoms with van der Waals surface area (Å²) in [5.74, 6) is 0. The molecule has 2 nitrogen and oxygen atoms in total. The van der Waals surface area contributed by atoms with Crippen LogP contribution in [-0.4, -0.2) is 10.2 Å². The summed E-state index contributed by atoms with van der Waals surface area (Å²) in [6.07, 6.45) is 1.78. The van der Waals surface area contributed by atoms with Crippen molar-refractivity contribution in [1.82, 2.24) is 10.2 Å². The quantitative estimate of drug-likeness (QED) is 0.625. The van der Waals surface area contributed by atoms with Gasteiger partial charge in [-0.2, -0.15) is 5.10 Å². The van der Waals surface area contributed by atoms with Crippen LogP contribution in [0.2, 0.25) is 0 Å². The minimum absolute atomic E-state index is 0.705. The molecule has 0 amide bonds. The zero-order valence-electron chi connectivity index (χ0n) is 6.66. The van der Waals surface area contributed by atoms with E-state index < -0.39 is 0 Å². The van der Waals surface area contributed by atoms with E-state index in [2.05, 4.69) is 29.3 Å². The molecule has 1 aromatic heterocycles. The molecule has 0 saturated heterocycles. The fourth-order valence-electron chi connectivity index (χ4n) is 1.20. The van der Waals surface area contributed by atoms with Crippen LogP contribution < -0.4 is 0 Å². The predicted molar refractivity (Wildman–Crippen MR) is 51.7 cm³/mol. The molecule has 0 aliphatic heterocycles. The lowest BCUT2D eigenvalue weighted by molar-refractivity contribution is 1.04. The maximum Gasteiger partial charge on any atom is 0.127 e. The van der Waals surface area contributed by atoms with Crippen LogP contribution in [0.5, 0.6) is 0 Å². The number of nitrogens with zero attached hydrogens (tertiary/aromatic N) is 1. The topological polar surface area (TPSA) is 28.7 Å². The van der Waals surface area contributed by atoms with E-state index in [0.29, 0.717) is 4.64 Å². The minimum Gasteiger partial charge on any atom is -0.267 e. The number of hydrogen-bond acceptors (Lipinski definition) is 2. The van der Waals surface area contributed by atoms with Gasteiger partial charge in [-0.15, -0.1) is 0 Å². The number of nitrogens with one attached hydrogen (secondary N) is 1. The van der Waals surface area contributed by atoms with Crippen LogP contribution >= 0.6 is 12.2 Å². The number of H-pyrrole nitrogens is 1. The molecule has 12 heavy (non-hydrogen) atoms. The monoisotopic (exact) mass is 176 g/mol. The summed E-state index contributed by atoms with van der Waals surface area (Å²) in [6, 6.07) is 6.15. The van der Waals surface area contributed by atoms with E-state index in [1.54, 1.807) is 6.20 Å². The van der Waals surface area contributed by atoms with Crippen molar-refractivity contribution in [2.45, 2.75) is 6.92 Å². The van der Waals surface area contributed by atoms with E-state index in [1.165, 1.54) is 5.56 Å². The SMILES string of the molecule is Cc1ccc2cn[nH]c(=S)c2c1. The minimum atomic E-state index is 0.705. The van der Waals surface area contributed by atoms with Crippen LogP contribution in [0.1, 0.15) is 5.56 Å². The smallest absolute Gasteiger partial charge is 0.127 e. The molecule has 1 aromatic carbocycles. The molecule has 0 aliphatic rings. The van der Waals surface area contributed by atoms with Gasteiger partial charge in [0.25, 0.3) is 0 Å². The maximum absolute atomic E-state index is 5.10. The highest BCUT2D eigenvalue weighted by Crippen LogP contribution is 2.13. The first-order valence-electron chi connectivity index (χ1n) is 3.71. The Kier molecular flexibility index (Phi) is 1.66. The zero-order chi connectivity index (χ0) is 8.55. The van der Waals surface area contributed by atoms with Crippen LogP contribution in [0, 0.1) is 11.6 Å². The van der Waals surface area contributed by atoms with Crippen molar-refractivity contribution in [3.05, 3.63) is 34.6 Å². The summed E-state index contributed by atoms with van der Waals surface area (Å²) in [4.78, 5) is 0. The third-order valence-corrected chi connectivity index (χ3v) is 2.13. The average Bonchev–Trinajstić information content (AvgIpc) is 2.07. The lowest BCUT2D eigenvalue weighted by atomic mass is 10.1. The highest BCUT2D eigenvalue weighted by Gasteiger charge is 1.94. The zero-order valence-corrected chi connectivity index (χ0v) is 7.48. The Hall–Kier alpha value is -1.22. The summed E-state index contributed by atoms with van der Waals surface area (Å²) >= 11 is 5.10. The number of aromatic amines is 1. The average molecular weight is 176 g/mol. The van der Waals surface area contributed by atoms with Gasteiger partial charge in [0, 0.05) is 10.8 Å². The van der Waals surface area contributed by atoms with Crippen molar-refractivity contribution >= 4 is 23.0 Å². The van der Waals surface area contributed by atoms with Crippen molar-refractivity contribution in [1.29, 1.82) is 0 Å². The number of fused-ring (bicyclic) bond motifs is 1. The first kappa shape index (κ1) is 7.43. The van der Waals surface area contributed by atoms with Crippen molar-refractivity contribution in [3.8, 4) is 0 Å². The van der Waals surface area contributed by atoms with Crippen LogP contribution in [0.3, 0.4) is 0 Å². The summed E-state index contributed by atoms with van der Waals surface area (Å²) in [6.45, 7) is 2.05. The van der Waals surface area contributed by atoms with Gasteiger partial charge in [-0.25, -0.2) is 0 Å². The summed E-state index contributed by atoms with van der Waals surface area (Å²) < 4.78 is 0.705. The second kappa shape index (κ2) is 2.68. The Balaban J connectivity index is 2.98. The fourth-order valence-corrected chi connectivity index (χ4v) is 1.43. The Morgan fingerprint density at radius 1 is 1.42 bits per heavy atom. The largest absolute Gasteiger partial charge is 0.267 e. The molecule has 2 aromatic rings. The van der Waals surface area contributed by atoms with E-state index in [-0.39, 0.29) is 0 Å². The molecule has 0 atom stereocenters. The van der Waals surface area contributed by atoms with Crippen molar-refractivity contribution in [2.75, 3.05) is 0 Å². The van der Waals surface area contributed by atoms with Crippen molar-refractivity contribution in [2.24, 2.45) is 0 Å². The Bertz CT molecular complexity index is 473. The van der Waals surface area contributed by atoms with Gasteiger partial charge in [-0.05, 0) is 13.0 Å². The molecule has 0 radical (unpaired) electrons. The summed E-state index contributed by atoms with van der Waals surface area (Å²) in [5, 5.41) is 8.84. The van der Waals surface area contributed by atoms with E-state index in [0.717, 1.165) is 10.8 Å². The second-order valence-corrected chi connectivity index (χ2v) is 3.20. The molecular weight excluding hydrogens is 168 g/mol. The third-order valence-electron chi connectivity index (χ3n) is 1.82. The number of aryl methyl sites for hydroxylation is 1. The lowest BCUT2D eigenvalue weighted by Gasteiger charge is -1.97. The highest BCUT2D eigenvalue weighted by atomic mass is 32.1. The van der Waals surface area contributed by atoms with E-state index >= 15 is 0 Å². The van der Waals surface area contributed by atoms with Crippen molar-refractivity contribution in [3.63, 3.8) is 0 Å². The van der Waals surface area contributed by atoms with Gasteiger partial charge in [-0.1, -0.05) is 29.9 Å². The molecular formula is C9H8N2S. The van der Waals surface area contributed by atoms with Gasteiger partial charge >= 0.3 is 0 Å². The van der Waals surface area contributed by atoms with E-state index in [9.17, 15) is 0 Å². The first-order valence-corrected chi connectivity index (χ1v) is 4.12. The van der Waals surface area contributed by atoms with E-state index in [1.807, 2.05) is 6.07 Å². The number of hydrogen-bond donors (Lipinski definition) is 1. The molecule has 0 unspecified atom stereocenters. The molecule has 1 N–H and O–H groups in total. The third kappa shape index (κ3) is 1.12. The van der Waals surface area contributed by atoms with Crippen LogP contribution in [0.15, 0.2) is 24.4 Å². The number of rotatable bonds is 0. The molecule has 0 bridgehead atoms. The predicted octanol–water partition coefficient (Wildman–Crippen LogP) is 2.60. The molecule has 0 fully saturated rings. The number of aromatic nitrogens is 2. The Labute approximate surface area is 75.2 Å². The standard InChI is InChI=1S/C9H8N2S/c1-6-2-3-7-5-10-11-9(12)8(7)4-6/h2-5H,1H3,(H,11,12). The molecule has 0 aliphatic carbocycles. The van der Waals surface area contributed by atoms with Crippen LogP contribution in [0.4, 0.5) is 0 Å². The van der Waals surface area contributed by atoms with Gasteiger partial charge in [0.05, 0.1) is 6.20 Å². The molecule has 2 rings (SSSR count). The molecule has 0 saturated carbocycles. The summed E-state index contributed by atoms with van der Waals surface area (Å²) in [7, 11) is 0. The van der Waals surface area contributed by atoms with Crippen LogP contribution in [0.25, 0.3) is 10.8 Å². The summed E-state index contributed by atoms with van der Waals surface area (Å²) in [5.41, 5.74) is 1.22. The Morgan fingerprint density at radius 3 is 3.08 bits per heavy atom. The van der Waals surface area contributed by atoms with Gasteiger partial charge < -0.3 is 0 Å². The van der Waals surface area contributed by atoms with Gasteiger partial charge in [0.15, 0.2) is 0 Å². The Morgan fingerprint density at radius 2 is 2.25 bits per heavy atom. The van der Waals surface area contributed by atoms with Gasteiger partial charge in [0.1, 0.15) is 4.64 Å². The van der Waals surface area contributed by atoms with Gasteiger partial charge in [0.2, 0.25) is 0 Å². The second-order valence-electron chi connectivity index (χ2n) is 2.79. The maximum atomic E-state index is 5.10. The van der Waals surface area contributed by atoms with Crippen molar-refractivity contribution < 1.29 is 0 Å². The molecule has 60 valence electrons. The fraction of sp³-hybridized carbons (Fsp3) is 0.111. The highest BCUT2D eigenvalue weighted by molar-refractivity contribution is 7.71. The van der Waals surface area contributed by atoms with Crippen LogP contribution in [-0.2, 0) is 0 Å². The lowest BCUT2D eigenvalue weighted by Crippen LogP contribution is -1.83.